The Hall–Kier alpha value is -5.42. The molecule has 8 N–H and O–H groups in total. The minimum Gasteiger partial charge on any atom is -0.462 e. The van der Waals surface area contributed by atoms with Gasteiger partial charge in [0.25, 0.3) is 0 Å². The first-order chi connectivity index (χ1) is 46.7. The van der Waals surface area contributed by atoms with Crippen molar-refractivity contribution in [3.05, 3.63) is 73.9 Å². The molecule has 0 spiro atoms. The Morgan fingerprint density at radius 2 is 0.630 bits per heavy atom. The smallest absolute Gasteiger partial charge is 0.462 e. The summed E-state index contributed by atoms with van der Waals surface area (Å²) in [6.07, 6.45) is 11.8. The van der Waals surface area contributed by atoms with Crippen molar-refractivity contribution in [2.45, 2.75) is 130 Å². The molecule has 100 heavy (non-hydrogen) atoms. The number of carbonyl (C=O) groups is 8. The second kappa shape index (κ2) is 66.8. The molecule has 0 saturated carbocycles. The average Bonchev–Trinajstić information content (AvgIpc) is 1.01. The normalized spacial score (nSPS) is 11.5. The molecule has 0 aromatic rings. The van der Waals surface area contributed by atoms with Crippen LogP contribution in [0.1, 0.15) is 130 Å². The number of phosphoric ester groups is 4. The van der Waals surface area contributed by atoms with E-state index in [1.165, 1.54) is 27.7 Å². The molecule has 0 bridgehead atoms. The molecule has 0 aliphatic rings. The molecule has 0 radical (unpaired) electrons. The minimum atomic E-state index is -4.46. The van der Waals surface area contributed by atoms with Gasteiger partial charge in [0.05, 0.1) is 52.9 Å². The van der Waals surface area contributed by atoms with Crippen molar-refractivity contribution in [1.29, 1.82) is 0 Å². The fourth-order valence-corrected chi connectivity index (χ4v) is 7.71. The molecular formula is C58H102O37P5+. The molecule has 0 aliphatic carbocycles. The Bertz CT molecular complexity index is 2610. The SMILES string of the molecule is C=C(C)C(=O)OCCOC(=O)CCCCCOP(=O)(O)O.C=C(C)C(=O)OCCOC(=O)CCCCCO[P+](=O)O.C=C(C)C(=O)OCCOP(=O)(O)O.C=CC(=O)OCCOP(=O)(O)O.C=CCOCCOCCCCCCOP(=O)(O)OCCCCCC(=O)OCCOC(=O)C(=C)C. The third-order valence-corrected chi connectivity index (χ3v) is 13.3. The third-order valence-electron chi connectivity index (χ3n) is 10.3. The molecule has 580 valence electrons. The number of rotatable bonds is 56. The number of carbonyl (C=O) groups excluding carboxylic acids is 8. The van der Waals surface area contributed by atoms with E-state index < -0.39 is 81.3 Å². The van der Waals surface area contributed by atoms with Crippen molar-refractivity contribution < 1.29 is 175 Å². The lowest BCUT2D eigenvalue weighted by Crippen LogP contribution is -2.14. The van der Waals surface area contributed by atoms with Crippen LogP contribution in [0, 0.1) is 0 Å². The molecule has 42 heteroatoms. The molecule has 37 nitrogen and oxygen atoms in total. The van der Waals surface area contributed by atoms with Crippen molar-refractivity contribution in [3.63, 3.8) is 0 Å². The molecule has 0 fully saturated rings. The maximum absolute atomic E-state index is 11.8. The Balaban J connectivity index is -0.000000397. The van der Waals surface area contributed by atoms with Crippen LogP contribution in [0.25, 0.3) is 0 Å². The van der Waals surface area contributed by atoms with Gasteiger partial charge in [-0.05, 0) is 79.1 Å². The molecule has 0 heterocycles. The van der Waals surface area contributed by atoms with Crippen LogP contribution in [-0.2, 0) is 136 Å². The number of esters is 8. The van der Waals surface area contributed by atoms with Crippen LogP contribution in [0.3, 0.4) is 0 Å². The van der Waals surface area contributed by atoms with Crippen LogP contribution in [0.2, 0.25) is 0 Å². The predicted octanol–water partition coefficient (Wildman–Crippen LogP) is 7.36. The Morgan fingerprint density at radius 1 is 0.350 bits per heavy atom. The molecular weight excluding hydrogens is 1440 g/mol. The van der Waals surface area contributed by atoms with Gasteiger partial charge < -0.3 is 81.6 Å². The van der Waals surface area contributed by atoms with Crippen LogP contribution in [0.15, 0.2) is 73.9 Å². The predicted molar refractivity (Wildman–Crippen MR) is 354 cm³/mol. The molecule has 0 aromatic carbocycles. The van der Waals surface area contributed by atoms with E-state index in [4.69, 9.17) is 81.2 Å². The van der Waals surface area contributed by atoms with E-state index in [0.29, 0.717) is 96.2 Å². The van der Waals surface area contributed by atoms with Gasteiger partial charge in [-0.15, -0.1) is 16.0 Å². The highest BCUT2D eigenvalue weighted by Crippen LogP contribution is 2.43. The number of hydrogen-bond acceptors (Lipinski definition) is 29. The van der Waals surface area contributed by atoms with Crippen LogP contribution in [-0.4, -0.2) is 206 Å². The zero-order valence-electron chi connectivity index (χ0n) is 57.1. The molecule has 2 unspecified atom stereocenters. The van der Waals surface area contributed by atoms with E-state index in [-0.39, 0.29) is 134 Å². The van der Waals surface area contributed by atoms with Gasteiger partial charge in [-0.2, -0.15) is 0 Å². The largest absolute Gasteiger partial charge is 0.694 e. The van der Waals surface area contributed by atoms with Gasteiger partial charge in [-0.3, -0.25) is 37.0 Å². The second-order valence-electron chi connectivity index (χ2n) is 19.7. The second-order valence-corrected chi connectivity index (χ2v) is 25.6. The summed E-state index contributed by atoms with van der Waals surface area (Å²) in [7, 11) is -19.9. The molecule has 0 aromatic heterocycles. The Morgan fingerprint density at radius 3 is 0.950 bits per heavy atom. The van der Waals surface area contributed by atoms with E-state index in [9.17, 15) is 66.1 Å². The fourth-order valence-electron chi connectivity index (χ4n) is 5.64. The summed E-state index contributed by atoms with van der Waals surface area (Å²) in [5.41, 5.74) is 1.07. The molecule has 0 aliphatic heterocycles. The van der Waals surface area contributed by atoms with Crippen LogP contribution < -0.4 is 0 Å². The van der Waals surface area contributed by atoms with Crippen molar-refractivity contribution in [1.82, 2.24) is 0 Å². The highest BCUT2D eigenvalue weighted by Gasteiger charge is 2.21. The van der Waals surface area contributed by atoms with Crippen molar-refractivity contribution in [2.24, 2.45) is 0 Å². The quantitative estimate of drug-likeness (QED) is 0.00736. The number of ether oxygens (including phenoxy) is 10. The number of hydrogen-bond donors (Lipinski definition) is 8. The lowest BCUT2D eigenvalue weighted by atomic mass is 10.2. The zero-order chi connectivity index (χ0) is 77.3. The first-order valence-corrected chi connectivity index (χ1v) is 37.8. The lowest BCUT2D eigenvalue weighted by molar-refractivity contribution is -0.150. The number of unbranched alkanes of at least 4 members (excludes halogenated alkanes) is 9. The highest BCUT2D eigenvalue weighted by molar-refractivity contribution is 7.47. The van der Waals surface area contributed by atoms with E-state index in [2.05, 4.69) is 67.0 Å². The first-order valence-electron chi connectivity index (χ1n) is 30.6. The van der Waals surface area contributed by atoms with E-state index in [0.717, 1.165) is 25.3 Å². The highest BCUT2D eigenvalue weighted by atomic mass is 31.2. The first kappa shape index (κ1) is 103. The van der Waals surface area contributed by atoms with Crippen LogP contribution in [0.4, 0.5) is 0 Å². The van der Waals surface area contributed by atoms with Gasteiger partial charge in [0, 0.05) is 58.8 Å². The maximum atomic E-state index is 11.8. The van der Waals surface area contributed by atoms with Crippen molar-refractivity contribution in [2.75, 3.05) is 119 Å². The summed E-state index contributed by atoms with van der Waals surface area (Å²) in [6, 6.07) is 0. The summed E-state index contributed by atoms with van der Waals surface area (Å²) >= 11 is 0. The monoisotopic (exact) mass is 1550 g/mol. The summed E-state index contributed by atoms with van der Waals surface area (Å²) in [5.74, 6) is -4.03. The van der Waals surface area contributed by atoms with Crippen molar-refractivity contribution >= 4 is 87.3 Å². The lowest BCUT2D eigenvalue weighted by Gasteiger charge is -2.12. The summed E-state index contributed by atoms with van der Waals surface area (Å²) < 4.78 is 128. The topological polar surface area (TPSA) is 531 Å². The molecule has 2 atom stereocenters. The minimum absolute atomic E-state index is 0.00831. The fraction of sp³-hybridized carbons (Fsp3) is 0.655. The van der Waals surface area contributed by atoms with Gasteiger partial charge in [-0.1, -0.05) is 71.1 Å². The zero-order valence-corrected chi connectivity index (χ0v) is 61.6. The van der Waals surface area contributed by atoms with E-state index in [1.807, 2.05) is 0 Å². The molecule has 0 saturated heterocycles. The van der Waals surface area contributed by atoms with Gasteiger partial charge in [-0.25, -0.2) is 42.2 Å². The number of phosphoric acid groups is 4. The maximum Gasteiger partial charge on any atom is 0.694 e. The van der Waals surface area contributed by atoms with Gasteiger partial charge in [0.2, 0.25) is 0 Å². The average molecular weight is 1550 g/mol. The van der Waals surface area contributed by atoms with Gasteiger partial charge in [0.15, 0.2) is 0 Å². The summed E-state index contributed by atoms with van der Waals surface area (Å²) in [5, 5.41) is 0. The third kappa shape index (κ3) is 88.7. The van der Waals surface area contributed by atoms with Crippen molar-refractivity contribution in [3.8, 4) is 0 Å². The van der Waals surface area contributed by atoms with E-state index >= 15 is 0 Å². The molecule has 0 rings (SSSR count). The summed E-state index contributed by atoms with van der Waals surface area (Å²) in [6.45, 7) is 27.8. The summed E-state index contributed by atoms with van der Waals surface area (Å²) in [4.78, 5) is 156. The molecule has 0 amide bonds. The standard InChI is InChI=1S/C23H41O10P.C12H21O8P.C12H19O7P.C6H11O6P.C5H9O6P/c1-4-13-28-17-18-29-14-9-5-6-10-15-32-34(26,27)33-16-11-7-8-12-22(24)30-19-20-31-23(25)21(2)3;1-10(2)12(14)19-9-8-18-11(13)6-4-3-5-7-20-21(15,16)17;1-10(2)12(14)18-9-8-17-11(13)6-4-3-5-7-19-20(15)16;1-5(2)6(7)11-3-4-12-13(8,9)10;1-2-5(6)10-3-4-11-12(7,8)9/h4H,1-2,5-20H2,3H3,(H,26,27);1,3-9H2,2H3,(H2,15,16,17);1,3-9H2,2H3;1,3-4H2,2H3,(H2,8,9,10);2H,1,3-4H2,(H2,7,8,9)/p+1. The Labute approximate surface area is 583 Å². The van der Waals surface area contributed by atoms with Crippen LogP contribution in [0.5, 0.6) is 0 Å². The van der Waals surface area contributed by atoms with Gasteiger partial charge in [0.1, 0.15) is 59.5 Å². The van der Waals surface area contributed by atoms with Gasteiger partial charge >= 0.3 is 87.3 Å². The Kier molecular flexibility index (Phi) is 68.9. The van der Waals surface area contributed by atoms with Crippen LogP contribution >= 0.6 is 39.5 Å². The van der Waals surface area contributed by atoms with E-state index in [1.54, 1.807) is 6.08 Å².